The van der Waals surface area contributed by atoms with Gasteiger partial charge < -0.3 is 14.7 Å². The van der Waals surface area contributed by atoms with Crippen molar-refractivity contribution in [2.24, 2.45) is 16.1 Å². The van der Waals surface area contributed by atoms with Gasteiger partial charge in [-0.15, -0.1) is 0 Å². The summed E-state index contributed by atoms with van der Waals surface area (Å²) in [5, 5.41) is 13.3. The van der Waals surface area contributed by atoms with Crippen LogP contribution in [0.1, 0.15) is 61.8 Å². The van der Waals surface area contributed by atoms with Gasteiger partial charge in [-0.3, -0.25) is 14.6 Å². The number of hydrogen-bond acceptors (Lipinski definition) is 7. The van der Waals surface area contributed by atoms with Gasteiger partial charge in [0.2, 0.25) is 5.43 Å². The highest BCUT2D eigenvalue weighted by Crippen LogP contribution is 2.37. The second kappa shape index (κ2) is 11.8. The molecule has 0 bridgehead atoms. The first-order valence-electron chi connectivity index (χ1n) is 14.6. The summed E-state index contributed by atoms with van der Waals surface area (Å²) in [4.78, 5) is 36.2. The first-order chi connectivity index (χ1) is 20.4. The minimum Gasteiger partial charge on any atom is -0.411 e. The number of aromatic nitrogens is 2. The molecule has 3 aliphatic carbocycles. The van der Waals surface area contributed by atoms with E-state index in [0.717, 1.165) is 25.7 Å². The molecule has 9 heteroatoms. The Morgan fingerprint density at radius 3 is 2.90 bits per heavy atom. The predicted octanol–water partition coefficient (Wildman–Crippen LogP) is 5.89. The number of anilines is 1. The van der Waals surface area contributed by atoms with E-state index in [9.17, 15) is 14.8 Å². The van der Waals surface area contributed by atoms with Crippen molar-refractivity contribution in [3.63, 3.8) is 0 Å². The fourth-order valence-corrected chi connectivity index (χ4v) is 5.88. The van der Waals surface area contributed by atoms with Crippen molar-refractivity contribution in [3.05, 3.63) is 93.1 Å². The molecule has 1 atom stereocenters. The standard InChI is InChI=1S/C33H34FN5O3/c1-21(40)28-20-39(26-10-11-26)32-27(31(28)41)17-29(34)33(36-32)38-15-13-30(37-42)25(19-38)18-35-14-12-22-6-5-9-23-7-3-2-4-8-24(23)16-22/h2-3,5-9,14,17,20,25-26,42H,4,10-13,15-16,18-19H2,1H3/b35-14?,37-30+. The molecule has 2 aromatic heterocycles. The zero-order valence-corrected chi connectivity index (χ0v) is 23.7. The van der Waals surface area contributed by atoms with Crippen molar-refractivity contribution in [2.45, 2.75) is 51.5 Å². The smallest absolute Gasteiger partial charge is 0.201 e. The van der Waals surface area contributed by atoms with Crippen LogP contribution in [0.2, 0.25) is 0 Å². The van der Waals surface area contributed by atoms with Crippen LogP contribution in [0.15, 0.2) is 86.5 Å². The van der Waals surface area contributed by atoms with Gasteiger partial charge in [0.1, 0.15) is 5.65 Å². The zero-order valence-electron chi connectivity index (χ0n) is 23.7. The molecule has 0 radical (unpaired) electrons. The molecule has 2 fully saturated rings. The molecule has 0 amide bonds. The van der Waals surface area contributed by atoms with Crippen LogP contribution in [0.5, 0.6) is 0 Å². The number of oxime groups is 1. The SMILES string of the molecule is CC(=O)c1cn(C2CC2)c2nc(N3CC/C(=N\O)C(CN=CCC4=CC=CC5=CC=CCC=C5C4)C3)c(F)cc2c1=O. The number of rotatable bonds is 7. The Hall–Kier alpha value is -4.40. The molecule has 3 heterocycles. The summed E-state index contributed by atoms with van der Waals surface area (Å²) in [6.45, 7) is 2.55. The highest BCUT2D eigenvalue weighted by molar-refractivity contribution is 5.97. The number of nitrogens with zero attached hydrogens (tertiary/aromatic N) is 5. The fourth-order valence-electron chi connectivity index (χ4n) is 5.88. The van der Waals surface area contributed by atoms with E-state index in [2.05, 4.69) is 57.7 Å². The van der Waals surface area contributed by atoms with Gasteiger partial charge in [0.15, 0.2) is 17.4 Å². The van der Waals surface area contributed by atoms with E-state index in [4.69, 9.17) is 0 Å². The van der Waals surface area contributed by atoms with Gasteiger partial charge in [0.25, 0.3) is 0 Å². The Morgan fingerprint density at radius 2 is 2.12 bits per heavy atom. The van der Waals surface area contributed by atoms with E-state index in [0.29, 0.717) is 43.8 Å². The van der Waals surface area contributed by atoms with Gasteiger partial charge in [0, 0.05) is 56.8 Å². The third-order valence-corrected chi connectivity index (χ3v) is 8.35. The Balaban J connectivity index is 1.19. The molecule has 0 spiro atoms. The first kappa shape index (κ1) is 27.8. The molecule has 2 aromatic rings. The monoisotopic (exact) mass is 567 g/mol. The number of hydrogen-bond donors (Lipinski definition) is 1. The third-order valence-electron chi connectivity index (χ3n) is 8.35. The Morgan fingerprint density at radius 1 is 1.26 bits per heavy atom. The number of fused-ring (bicyclic) bond motifs is 2. The lowest BCUT2D eigenvalue weighted by Gasteiger charge is -2.33. The topological polar surface area (TPSA) is 100 Å². The number of ketones is 1. The summed E-state index contributed by atoms with van der Waals surface area (Å²) in [5.41, 5.74) is 4.41. The molecular formula is C33H34FN5O3. The lowest BCUT2D eigenvalue weighted by Crippen LogP contribution is -2.43. The van der Waals surface area contributed by atoms with E-state index < -0.39 is 11.2 Å². The summed E-state index contributed by atoms with van der Waals surface area (Å²) < 4.78 is 17.3. The van der Waals surface area contributed by atoms with Gasteiger partial charge in [-0.1, -0.05) is 53.3 Å². The minimum atomic E-state index is -0.612. The summed E-state index contributed by atoms with van der Waals surface area (Å²) in [5.74, 6) is -1.01. The van der Waals surface area contributed by atoms with Crippen molar-refractivity contribution in [1.29, 1.82) is 0 Å². The molecule has 216 valence electrons. The molecule has 1 aliphatic heterocycles. The minimum absolute atomic E-state index is 0.0542. The highest BCUT2D eigenvalue weighted by Gasteiger charge is 2.31. The first-order valence-corrected chi connectivity index (χ1v) is 14.6. The number of halogens is 1. The molecule has 8 nitrogen and oxygen atoms in total. The Bertz CT molecular complexity index is 1700. The molecule has 1 N–H and O–H groups in total. The number of pyridine rings is 2. The van der Waals surface area contributed by atoms with Crippen LogP contribution in [-0.4, -0.2) is 52.1 Å². The second-order valence-electron chi connectivity index (χ2n) is 11.3. The quantitative estimate of drug-likeness (QED) is 0.195. The molecule has 1 saturated heterocycles. The predicted molar refractivity (Wildman–Crippen MR) is 164 cm³/mol. The molecule has 42 heavy (non-hydrogen) atoms. The van der Waals surface area contributed by atoms with Crippen molar-refractivity contribution in [2.75, 3.05) is 24.5 Å². The third kappa shape index (κ3) is 5.68. The summed E-state index contributed by atoms with van der Waals surface area (Å²) >= 11 is 0. The molecule has 4 aliphatic rings. The zero-order chi connectivity index (χ0) is 29.2. The van der Waals surface area contributed by atoms with Crippen LogP contribution < -0.4 is 10.3 Å². The summed E-state index contributed by atoms with van der Waals surface area (Å²) in [6, 6.07) is 1.36. The van der Waals surface area contributed by atoms with Gasteiger partial charge in [-0.05, 0) is 49.8 Å². The maximum absolute atomic E-state index is 15.5. The number of Topliss-reactive ketones (excluding diaryl/α,β-unsaturated/α-hetero) is 1. The average Bonchev–Trinajstić information content (AvgIpc) is 3.84. The largest absolute Gasteiger partial charge is 0.411 e. The van der Waals surface area contributed by atoms with E-state index >= 15 is 4.39 Å². The second-order valence-corrected chi connectivity index (χ2v) is 11.3. The maximum Gasteiger partial charge on any atom is 0.201 e. The van der Waals surface area contributed by atoms with Crippen molar-refractivity contribution in [3.8, 4) is 0 Å². The molecule has 1 saturated carbocycles. The van der Waals surface area contributed by atoms with Gasteiger partial charge in [-0.25, -0.2) is 9.37 Å². The fraction of sp³-hybridized carbons (Fsp3) is 0.364. The van der Waals surface area contributed by atoms with Crippen LogP contribution in [0, 0.1) is 11.7 Å². The lowest BCUT2D eigenvalue weighted by molar-refractivity contribution is 0.101. The lowest BCUT2D eigenvalue weighted by atomic mass is 9.95. The average molecular weight is 568 g/mol. The van der Waals surface area contributed by atoms with Crippen LogP contribution in [0.25, 0.3) is 11.0 Å². The van der Waals surface area contributed by atoms with E-state index in [1.54, 1.807) is 6.20 Å². The highest BCUT2D eigenvalue weighted by atomic mass is 19.1. The summed E-state index contributed by atoms with van der Waals surface area (Å²) in [7, 11) is 0. The van der Waals surface area contributed by atoms with E-state index in [-0.39, 0.29) is 34.5 Å². The molecule has 6 rings (SSSR count). The number of carbonyl (C=O) groups excluding carboxylic acids is 1. The van der Waals surface area contributed by atoms with Crippen LogP contribution >= 0.6 is 0 Å². The van der Waals surface area contributed by atoms with E-state index in [1.807, 2.05) is 15.7 Å². The van der Waals surface area contributed by atoms with Gasteiger partial charge in [-0.2, -0.15) is 0 Å². The molecule has 0 aromatic carbocycles. The number of piperidine rings is 1. The van der Waals surface area contributed by atoms with Crippen molar-refractivity contribution < 1.29 is 14.4 Å². The number of carbonyl (C=O) groups is 1. The van der Waals surface area contributed by atoms with Gasteiger partial charge >= 0.3 is 0 Å². The number of allylic oxidation sites excluding steroid dienone is 10. The van der Waals surface area contributed by atoms with E-state index in [1.165, 1.54) is 29.7 Å². The molecule has 1 unspecified atom stereocenters. The Kier molecular flexibility index (Phi) is 7.82. The van der Waals surface area contributed by atoms with Crippen LogP contribution in [0.4, 0.5) is 10.2 Å². The van der Waals surface area contributed by atoms with Gasteiger partial charge in [0.05, 0.1) is 16.7 Å². The Labute approximate surface area is 243 Å². The van der Waals surface area contributed by atoms with Crippen LogP contribution in [0.3, 0.4) is 0 Å². The maximum atomic E-state index is 15.5. The summed E-state index contributed by atoms with van der Waals surface area (Å²) in [6.07, 6.45) is 23.3. The molecular weight excluding hydrogens is 533 g/mol. The van der Waals surface area contributed by atoms with Crippen LogP contribution in [-0.2, 0) is 0 Å². The van der Waals surface area contributed by atoms with Crippen molar-refractivity contribution >= 4 is 34.6 Å². The normalized spacial score (nSPS) is 21.7. The van der Waals surface area contributed by atoms with Crippen molar-refractivity contribution in [1.82, 2.24) is 9.55 Å². The number of aliphatic imine (C=N–C) groups is 1.